The lowest BCUT2D eigenvalue weighted by Crippen LogP contribution is -2.37. The van der Waals surface area contributed by atoms with Gasteiger partial charge in [0.05, 0.1) is 14.2 Å². The Bertz CT molecular complexity index is 1410. The zero-order valence-corrected chi connectivity index (χ0v) is 19.0. The first-order valence-electron chi connectivity index (χ1n) is 9.81. The Morgan fingerprint density at radius 1 is 0.906 bits per heavy atom. The van der Waals surface area contributed by atoms with Crippen molar-refractivity contribution in [2.75, 3.05) is 14.2 Å². The molecule has 0 saturated carbocycles. The van der Waals surface area contributed by atoms with Crippen LogP contribution in [-0.4, -0.2) is 33.3 Å². The van der Waals surface area contributed by atoms with E-state index >= 15 is 0 Å². The van der Waals surface area contributed by atoms with Crippen LogP contribution < -0.4 is 20.7 Å². The monoisotopic (exact) mass is 450 g/mol. The molecule has 0 bridgehead atoms. The summed E-state index contributed by atoms with van der Waals surface area (Å²) in [7, 11) is 6.17. The lowest BCUT2D eigenvalue weighted by Gasteiger charge is -2.13. The molecule has 32 heavy (non-hydrogen) atoms. The van der Waals surface area contributed by atoms with Crippen LogP contribution in [0.15, 0.2) is 63.1 Å². The van der Waals surface area contributed by atoms with Crippen molar-refractivity contribution in [2.45, 2.75) is 10.8 Å². The van der Waals surface area contributed by atoms with Gasteiger partial charge in [-0.2, -0.15) is 0 Å². The molecule has 0 aliphatic carbocycles. The molecule has 9 heteroatoms. The topological polar surface area (TPSA) is 88.2 Å². The Balaban J connectivity index is 1.93. The third-order valence-electron chi connectivity index (χ3n) is 5.13. The molecule has 0 spiro atoms. The van der Waals surface area contributed by atoms with Gasteiger partial charge >= 0.3 is 5.69 Å². The van der Waals surface area contributed by atoms with Gasteiger partial charge < -0.3 is 9.47 Å². The fourth-order valence-corrected chi connectivity index (χ4v) is 4.33. The van der Waals surface area contributed by atoms with Crippen LogP contribution in [0.4, 0.5) is 0 Å². The molecule has 4 aromatic rings. The molecule has 0 N–H and O–H groups in total. The van der Waals surface area contributed by atoms with E-state index in [1.807, 2.05) is 36.4 Å². The van der Waals surface area contributed by atoms with Gasteiger partial charge in [0.2, 0.25) is 0 Å². The molecule has 4 rings (SSSR count). The molecule has 164 valence electrons. The van der Waals surface area contributed by atoms with Crippen molar-refractivity contribution in [1.82, 2.24) is 19.1 Å². The van der Waals surface area contributed by atoms with Crippen molar-refractivity contribution >= 4 is 22.8 Å². The van der Waals surface area contributed by atoms with E-state index < -0.39 is 11.2 Å². The van der Waals surface area contributed by atoms with E-state index in [0.29, 0.717) is 39.1 Å². The number of hydrogen-bond acceptors (Lipinski definition) is 7. The fourth-order valence-electron chi connectivity index (χ4n) is 3.36. The lowest BCUT2D eigenvalue weighted by atomic mass is 10.2. The third-order valence-corrected chi connectivity index (χ3v) is 6.17. The smallest absolute Gasteiger partial charge is 0.332 e. The maximum atomic E-state index is 13.0. The minimum atomic E-state index is -0.446. The molecular weight excluding hydrogens is 428 g/mol. The molecule has 0 fully saturated rings. The summed E-state index contributed by atoms with van der Waals surface area (Å²) in [5.41, 5.74) is 1.20. The summed E-state index contributed by atoms with van der Waals surface area (Å²) >= 11 is 1.43. The van der Waals surface area contributed by atoms with Crippen molar-refractivity contribution in [1.29, 1.82) is 0 Å². The number of ether oxygens (including phenoxy) is 2. The number of aromatic nitrogens is 4. The van der Waals surface area contributed by atoms with Crippen molar-refractivity contribution < 1.29 is 9.47 Å². The van der Waals surface area contributed by atoms with Crippen LogP contribution in [0, 0.1) is 0 Å². The van der Waals surface area contributed by atoms with Crippen molar-refractivity contribution in [3.63, 3.8) is 0 Å². The van der Waals surface area contributed by atoms with Gasteiger partial charge in [0, 0.05) is 25.4 Å². The molecule has 0 aliphatic rings. The van der Waals surface area contributed by atoms with E-state index in [-0.39, 0.29) is 5.65 Å². The van der Waals surface area contributed by atoms with E-state index in [2.05, 4.69) is 4.98 Å². The molecule has 2 aromatic carbocycles. The first-order chi connectivity index (χ1) is 15.4. The summed E-state index contributed by atoms with van der Waals surface area (Å²) in [5, 5.41) is 0.833. The maximum absolute atomic E-state index is 13.0. The quantitative estimate of drug-likeness (QED) is 0.330. The van der Waals surface area contributed by atoms with E-state index in [0.717, 1.165) is 10.1 Å². The number of rotatable bonds is 6. The van der Waals surface area contributed by atoms with Crippen molar-refractivity contribution in [3.8, 4) is 22.9 Å². The summed E-state index contributed by atoms with van der Waals surface area (Å²) < 4.78 is 13.2. The fraction of sp³-hybridized carbons (Fsp3) is 0.217. The molecule has 2 heterocycles. The predicted octanol–water partition coefficient (Wildman–Crippen LogP) is 3.00. The number of aryl methyl sites for hydroxylation is 1. The first-order valence-corrected chi connectivity index (χ1v) is 10.8. The molecule has 0 radical (unpaired) electrons. The highest BCUT2D eigenvalue weighted by molar-refractivity contribution is 7.98. The minimum Gasteiger partial charge on any atom is -0.493 e. The van der Waals surface area contributed by atoms with Crippen LogP contribution in [-0.2, 0) is 19.8 Å². The van der Waals surface area contributed by atoms with Crippen LogP contribution in [0.5, 0.6) is 11.5 Å². The Kier molecular flexibility index (Phi) is 6.00. The van der Waals surface area contributed by atoms with Gasteiger partial charge in [-0.25, -0.2) is 14.8 Å². The van der Waals surface area contributed by atoms with E-state index in [1.54, 1.807) is 33.4 Å². The second-order valence-corrected chi connectivity index (χ2v) is 8.06. The predicted molar refractivity (Wildman–Crippen MR) is 125 cm³/mol. The Hall–Kier alpha value is -3.59. The maximum Gasteiger partial charge on any atom is 0.332 e. The number of fused-ring (bicyclic) bond motifs is 1. The molecule has 8 nitrogen and oxygen atoms in total. The summed E-state index contributed by atoms with van der Waals surface area (Å²) in [6.07, 6.45) is 0. The Morgan fingerprint density at radius 3 is 2.31 bits per heavy atom. The number of hydrogen-bond donors (Lipinski definition) is 0. The van der Waals surface area contributed by atoms with E-state index in [1.165, 1.54) is 23.4 Å². The standard InChI is InChI=1S/C23H22N4O4S/c1-26-20-18(22(28)27(2)23(26)29)21(32-13-14-8-6-5-7-9-14)25-19(24-20)15-10-11-16(30-3)17(12-15)31-4/h5-12H,13H2,1-4H3. The second-order valence-electron chi connectivity index (χ2n) is 7.10. The van der Waals surface area contributed by atoms with Crippen LogP contribution in [0.1, 0.15) is 5.56 Å². The first kappa shape index (κ1) is 21.6. The van der Waals surface area contributed by atoms with Gasteiger partial charge in [0.15, 0.2) is 23.0 Å². The minimum absolute atomic E-state index is 0.286. The highest BCUT2D eigenvalue weighted by Crippen LogP contribution is 2.33. The molecule has 0 saturated heterocycles. The summed E-state index contributed by atoms with van der Waals surface area (Å²) in [6.45, 7) is 0. The number of benzene rings is 2. The molecule has 0 atom stereocenters. The zero-order valence-electron chi connectivity index (χ0n) is 18.2. The zero-order chi connectivity index (χ0) is 22.8. The normalized spacial score (nSPS) is 11.0. The highest BCUT2D eigenvalue weighted by atomic mass is 32.2. The number of thioether (sulfide) groups is 1. The average Bonchev–Trinajstić information content (AvgIpc) is 2.84. The lowest BCUT2D eigenvalue weighted by molar-refractivity contribution is 0.355. The molecule has 0 aliphatic heterocycles. The summed E-state index contributed by atoms with van der Waals surface area (Å²) in [6, 6.07) is 15.3. The van der Waals surface area contributed by atoms with Gasteiger partial charge in [-0.05, 0) is 23.8 Å². The summed E-state index contributed by atoms with van der Waals surface area (Å²) in [5.74, 6) is 2.11. The summed E-state index contributed by atoms with van der Waals surface area (Å²) in [4.78, 5) is 34.8. The second kappa shape index (κ2) is 8.88. The van der Waals surface area contributed by atoms with Crippen molar-refractivity contribution in [3.05, 3.63) is 74.9 Å². The van der Waals surface area contributed by atoms with E-state index in [9.17, 15) is 9.59 Å². The average molecular weight is 451 g/mol. The van der Waals surface area contributed by atoms with Gasteiger partial charge in [-0.1, -0.05) is 30.3 Å². The van der Waals surface area contributed by atoms with Gasteiger partial charge in [0.25, 0.3) is 5.56 Å². The number of nitrogens with zero attached hydrogens (tertiary/aromatic N) is 4. The van der Waals surface area contributed by atoms with Gasteiger partial charge in [0.1, 0.15) is 10.4 Å². The molecule has 2 aromatic heterocycles. The van der Waals surface area contributed by atoms with Crippen LogP contribution in [0.25, 0.3) is 22.4 Å². The largest absolute Gasteiger partial charge is 0.493 e. The van der Waals surface area contributed by atoms with Crippen LogP contribution in [0.2, 0.25) is 0 Å². The SMILES string of the molecule is COc1ccc(-c2nc(SCc3ccccc3)c3c(=O)n(C)c(=O)n(C)c3n2)cc1OC. The Labute approximate surface area is 188 Å². The highest BCUT2D eigenvalue weighted by Gasteiger charge is 2.19. The van der Waals surface area contributed by atoms with Gasteiger partial charge in [-0.15, -0.1) is 11.8 Å². The van der Waals surface area contributed by atoms with Crippen LogP contribution >= 0.6 is 11.8 Å². The Morgan fingerprint density at radius 2 is 1.62 bits per heavy atom. The van der Waals surface area contributed by atoms with Crippen molar-refractivity contribution in [2.24, 2.45) is 14.1 Å². The van der Waals surface area contributed by atoms with E-state index in [4.69, 9.17) is 14.5 Å². The number of methoxy groups -OCH3 is 2. The molecule has 0 amide bonds. The van der Waals surface area contributed by atoms with Crippen LogP contribution in [0.3, 0.4) is 0 Å². The molecular formula is C23H22N4O4S. The third kappa shape index (κ3) is 3.87. The van der Waals surface area contributed by atoms with Gasteiger partial charge in [-0.3, -0.25) is 13.9 Å². The molecule has 0 unspecified atom stereocenters.